The molecule has 1 aliphatic rings. The van der Waals surface area contributed by atoms with Crippen LogP contribution in [0.1, 0.15) is 38.3 Å². The van der Waals surface area contributed by atoms with E-state index in [1.807, 2.05) is 19.1 Å². The molecule has 0 radical (unpaired) electrons. The van der Waals surface area contributed by atoms with Gasteiger partial charge in [-0.25, -0.2) is 0 Å². The molecule has 100 valence electrons. The fourth-order valence-corrected chi connectivity index (χ4v) is 2.55. The summed E-state index contributed by atoms with van der Waals surface area (Å²) in [4.78, 5) is 0. The largest absolute Gasteiger partial charge is 0.494 e. The number of benzene rings is 1. The van der Waals surface area contributed by atoms with Crippen LogP contribution >= 0.6 is 0 Å². The zero-order valence-electron chi connectivity index (χ0n) is 11.3. The molecule has 0 aromatic heterocycles. The van der Waals surface area contributed by atoms with Crippen LogP contribution in [-0.4, -0.2) is 25.9 Å². The van der Waals surface area contributed by atoms with Crippen LogP contribution < -0.4 is 10.1 Å². The lowest BCUT2D eigenvalue weighted by Crippen LogP contribution is -2.31. The van der Waals surface area contributed by atoms with Crippen molar-refractivity contribution in [2.45, 2.75) is 38.8 Å². The molecule has 3 nitrogen and oxygen atoms in total. The van der Waals surface area contributed by atoms with E-state index in [9.17, 15) is 0 Å². The Morgan fingerprint density at radius 3 is 2.89 bits per heavy atom. The van der Waals surface area contributed by atoms with Gasteiger partial charge in [0.1, 0.15) is 5.75 Å². The van der Waals surface area contributed by atoms with E-state index in [1.165, 1.54) is 5.56 Å². The standard InChI is InChI=1S/C15H23NO2/c1-3-16-15(14-10-7-11-18-14)12-8-5-6-9-13(12)17-4-2/h5-6,8-9,14-16H,3-4,7,10-11H2,1-2H3. The van der Waals surface area contributed by atoms with Crippen molar-refractivity contribution in [3.8, 4) is 5.75 Å². The summed E-state index contributed by atoms with van der Waals surface area (Å²) < 4.78 is 11.6. The molecule has 2 atom stereocenters. The normalized spacial score (nSPS) is 20.9. The summed E-state index contributed by atoms with van der Waals surface area (Å²) in [6.45, 7) is 6.66. The van der Waals surface area contributed by atoms with Crippen LogP contribution in [0.5, 0.6) is 5.75 Å². The maximum atomic E-state index is 5.84. The first-order chi connectivity index (χ1) is 8.86. The SMILES string of the molecule is CCNC(c1ccccc1OCC)C1CCCO1. The third-order valence-corrected chi connectivity index (χ3v) is 3.31. The predicted octanol–water partition coefficient (Wildman–Crippen LogP) is 2.91. The van der Waals surface area contributed by atoms with Gasteiger partial charge in [0.2, 0.25) is 0 Å². The zero-order valence-corrected chi connectivity index (χ0v) is 11.3. The van der Waals surface area contributed by atoms with E-state index in [0.717, 1.165) is 31.7 Å². The van der Waals surface area contributed by atoms with Gasteiger partial charge in [-0.2, -0.15) is 0 Å². The average molecular weight is 249 g/mol. The molecule has 1 N–H and O–H groups in total. The van der Waals surface area contributed by atoms with Crippen LogP contribution in [0.3, 0.4) is 0 Å². The maximum absolute atomic E-state index is 5.84. The summed E-state index contributed by atoms with van der Waals surface area (Å²) in [6.07, 6.45) is 2.55. The van der Waals surface area contributed by atoms with E-state index in [4.69, 9.17) is 9.47 Å². The Morgan fingerprint density at radius 1 is 1.39 bits per heavy atom. The minimum absolute atomic E-state index is 0.236. The topological polar surface area (TPSA) is 30.5 Å². The fourth-order valence-electron chi connectivity index (χ4n) is 2.55. The molecule has 0 aliphatic carbocycles. The first-order valence-corrected chi connectivity index (χ1v) is 6.93. The van der Waals surface area contributed by atoms with Crippen molar-refractivity contribution in [3.05, 3.63) is 29.8 Å². The van der Waals surface area contributed by atoms with Gasteiger partial charge in [0, 0.05) is 12.2 Å². The molecule has 1 aliphatic heterocycles. The molecular weight excluding hydrogens is 226 g/mol. The van der Waals surface area contributed by atoms with Crippen molar-refractivity contribution >= 4 is 0 Å². The minimum atomic E-state index is 0.236. The third-order valence-electron chi connectivity index (χ3n) is 3.31. The van der Waals surface area contributed by atoms with Gasteiger partial charge in [-0.1, -0.05) is 25.1 Å². The average Bonchev–Trinajstić information content (AvgIpc) is 2.91. The van der Waals surface area contributed by atoms with E-state index in [-0.39, 0.29) is 12.1 Å². The van der Waals surface area contributed by atoms with Crippen molar-refractivity contribution in [1.82, 2.24) is 5.32 Å². The third kappa shape index (κ3) is 3.03. The summed E-state index contributed by atoms with van der Waals surface area (Å²) in [5.74, 6) is 0.974. The minimum Gasteiger partial charge on any atom is -0.494 e. The van der Waals surface area contributed by atoms with Crippen molar-refractivity contribution in [2.24, 2.45) is 0 Å². The maximum Gasteiger partial charge on any atom is 0.124 e. The quantitative estimate of drug-likeness (QED) is 0.841. The van der Waals surface area contributed by atoms with Gasteiger partial charge in [-0.05, 0) is 32.4 Å². The summed E-state index contributed by atoms with van der Waals surface area (Å²) in [5.41, 5.74) is 1.22. The van der Waals surface area contributed by atoms with Crippen LogP contribution in [0.4, 0.5) is 0 Å². The van der Waals surface area contributed by atoms with Crippen molar-refractivity contribution < 1.29 is 9.47 Å². The number of rotatable bonds is 6. The number of nitrogens with one attached hydrogen (secondary N) is 1. The van der Waals surface area contributed by atoms with Gasteiger partial charge in [0.05, 0.1) is 18.8 Å². The van der Waals surface area contributed by atoms with Gasteiger partial charge in [-0.15, -0.1) is 0 Å². The molecule has 1 aromatic carbocycles. The monoisotopic (exact) mass is 249 g/mol. The molecule has 1 heterocycles. The zero-order chi connectivity index (χ0) is 12.8. The molecule has 0 saturated carbocycles. The second-order valence-corrected chi connectivity index (χ2v) is 4.56. The molecule has 1 saturated heterocycles. The predicted molar refractivity (Wildman–Crippen MR) is 73.0 cm³/mol. The lowest BCUT2D eigenvalue weighted by Gasteiger charge is -2.26. The molecule has 0 amide bonds. The Kier molecular flexibility index (Phi) is 5.02. The van der Waals surface area contributed by atoms with Crippen LogP contribution in [0.15, 0.2) is 24.3 Å². The molecule has 18 heavy (non-hydrogen) atoms. The highest BCUT2D eigenvalue weighted by molar-refractivity contribution is 5.36. The van der Waals surface area contributed by atoms with Crippen LogP contribution in [-0.2, 0) is 4.74 Å². The first-order valence-electron chi connectivity index (χ1n) is 6.93. The second-order valence-electron chi connectivity index (χ2n) is 4.56. The van der Waals surface area contributed by atoms with Crippen LogP contribution in [0.25, 0.3) is 0 Å². The van der Waals surface area contributed by atoms with E-state index in [2.05, 4.69) is 24.4 Å². The highest BCUT2D eigenvalue weighted by Gasteiger charge is 2.28. The van der Waals surface area contributed by atoms with Crippen LogP contribution in [0, 0.1) is 0 Å². The number of hydrogen-bond acceptors (Lipinski definition) is 3. The highest BCUT2D eigenvalue weighted by Crippen LogP contribution is 2.32. The number of hydrogen-bond donors (Lipinski definition) is 1. The molecule has 2 rings (SSSR count). The van der Waals surface area contributed by atoms with E-state index in [1.54, 1.807) is 0 Å². The van der Waals surface area contributed by atoms with Gasteiger partial charge in [-0.3, -0.25) is 0 Å². The van der Waals surface area contributed by atoms with Crippen molar-refractivity contribution in [2.75, 3.05) is 19.8 Å². The summed E-state index contributed by atoms with van der Waals surface area (Å²) in [5, 5.41) is 3.53. The Labute approximate surface area is 109 Å². The first kappa shape index (κ1) is 13.4. The number of para-hydroxylation sites is 1. The molecule has 0 spiro atoms. The molecule has 2 unspecified atom stereocenters. The highest BCUT2D eigenvalue weighted by atomic mass is 16.5. The summed E-state index contributed by atoms with van der Waals surface area (Å²) in [6, 6.07) is 8.50. The van der Waals surface area contributed by atoms with Crippen LogP contribution in [0.2, 0.25) is 0 Å². The molecular formula is C15H23NO2. The number of likely N-dealkylation sites (N-methyl/N-ethyl adjacent to an activating group) is 1. The summed E-state index contributed by atoms with van der Waals surface area (Å²) >= 11 is 0. The molecule has 1 aromatic rings. The van der Waals surface area contributed by atoms with Gasteiger partial charge in [0.25, 0.3) is 0 Å². The Hall–Kier alpha value is -1.06. The van der Waals surface area contributed by atoms with E-state index < -0.39 is 0 Å². The Morgan fingerprint density at radius 2 is 2.22 bits per heavy atom. The smallest absolute Gasteiger partial charge is 0.124 e. The van der Waals surface area contributed by atoms with Crippen molar-refractivity contribution in [1.29, 1.82) is 0 Å². The number of ether oxygens (including phenoxy) is 2. The summed E-state index contributed by atoms with van der Waals surface area (Å²) in [7, 11) is 0. The van der Waals surface area contributed by atoms with Crippen molar-refractivity contribution in [3.63, 3.8) is 0 Å². The lowest BCUT2D eigenvalue weighted by atomic mass is 9.98. The second kappa shape index (κ2) is 6.76. The molecule has 3 heteroatoms. The lowest BCUT2D eigenvalue weighted by molar-refractivity contribution is 0.0777. The van der Waals surface area contributed by atoms with Gasteiger partial charge >= 0.3 is 0 Å². The molecule has 1 fully saturated rings. The van der Waals surface area contributed by atoms with Gasteiger partial charge < -0.3 is 14.8 Å². The van der Waals surface area contributed by atoms with E-state index in [0.29, 0.717) is 6.61 Å². The van der Waals surface area contributed by atoms with E-state index >= 15 is 0 Å². The fraction of sp³-hybridized carbons (Fsp3) is 0.600. The Bertz CT molecular complexity index is 361. The molecule has 0 bridgehead atoms. The van der Waals surface area contributed by atoms with Gasteiger partial charge in [0.15, 0.2) is 0 Å². The Balaban J connectivity index is 2.23.